The second-order valence-corrected chi connectivity index (χ2v) is 10.3. The number of likely N-dealkylation sites (tertiary alicyclic amines) is 1. The van der Waals surface area contributed by atoms with Crippen LogP contribution in [0, 0.1) is 12.8 Å². The Morgan fingerprint density at radius 3 is 2.97 bits per heavy atom. The molecule has 1 aliphatic carbocycles. The van der Waals surface area contributed by atoms with Crippen LogP contribution >= 0.6 is 11.8 Å². The molecule has 2 aliphatic heterocycles. The van der Waals surface area contributed by atoms with Crippen molar-refractivity contribution in [1.29, 1.82) is 0 Å². The van der Waals surface area contributed by atoms with Crippen LogP contribution in [0.2, 0.25) is 0 Å². The van der Waals surface area contributed by atoms with Gasteiger partial charge in [-0.25, -0.2) is 4.98 Å². The molecule has 2 unspecified atom stereocenters. The molecule has 3 atom stereocenters. The van der Waals surface area contributed by atoms with Crippen LogP contribution in [0.5, 0.6) is 0 Å². The van der Waals surface area contributed by atoms with Gasteiger partial charge in [0, 0.05) is 35.0 Å². The normalized spacial score (nSPS) is 24.8. The lowest BCUT2D eigenvalue weighted by molar-refractivity contribution is 0.154. The third-order valence-electron chi connectivity index (χ3n) is 6.54. The highest BCUT2D eigenvalue weighted by atomic mass is 32.2. The lowest BCUT2D eigenvalue weighted by Gasteiger charge is -2.29. The van der Waals surface area contributed by atoms with Crippen molar-refractivity contribution in [3.05, 3.63) is 71.1 Å². The molecule has 1 aromatic heterocycles. The molecule has 31 heavy (non-hydrogen) atoms. The van der Waals surface area contributed by atoms with Crippen LogP contribution in [0.15, 0.2) is 59.3 Å². The number of nitrogens with zero attached hydrogens (tertiary/aromatic N) is 2. The highest BCUT2D eigenvalue weighted by Crippen LogP contribution is 2.48. The molecule has 0 amide bonds. The predicted molar refractivity (Wildman–Crippen MR) is 130 cm³/mol. The summed E-state index contributed by atoms with van der Waals surface area (Å²) in [6, 6.07) is 11.3. The van der Waals surface area contributed by atoms with Crippen molar-refractivity contribution in [2.45, 2.75) is 37.1 Å². The molecule has 0 radical (unpaired) electrons. The van der Waals surface area contributed by atoms with Gasteiger partial charge in [-0.2, -0.15) is 0 Å². The highest BCUT2D eigenvalue weighted by Gasteiger charge is 2.41. The number of ether oxygens (including phenoxy) is 1. The minimum Gasteiger partial charge on any atom is -0.495 e. The summed E-state index contributed by atoms with van der Waals surface area (Å²) in [5.74, 6) is 3.94. The standard InChI is InChI=1S/C26H31N3OS/c1-4-31-20-7-5-6-19(13-20)21-8-9-23(30-16-18-10-11-29(3)15-18)25-24(21)22-12-17(2)14-27-26(22)28-25/h5-9,12-14,18,24-25H,4,10-11,15-16H2,1-3H3,(H,27,28)/t18-,24?,25?/m0/s1. The molecule has 0 saturated carbocycles. The molecular formula is C26H31N3OS. The molecule has 3 aliphatic rings. The van der Waals surface area contributed by atoms with E-state index in [1.807, 2.05) is 18.0 Å². The zero-order valence-electron chi connectivity index (χ0n) is 18.6. The Morgan fingerprint density at radius 2 is 2.16 bits per heavy atom. The summed E-state index contributed by atoms with van der Waals surface area (Å²) in [6.07, 6.45) is 7.62. The molecule has 2 aromatic rings. The van der Waals surface area contributed by atoms with E-state index in [0.29, 0.717) is 5.92 Å². The van der Waals surface area contributed by atoms with Gasteiger partial charge in [0.15, 0.2) is 0 Å². The fraction of sp³-hybridized carbons (Fsp3) is 0.423. The van der Waals surface area contributed by atoms with Gasteiger partial charge in [-0.1, -0.05) is 31.2 Å². The van der Waals surface area contributed by atoms with Crippen molar-refractivity contribution in [2.24, 2.45) is 5.92 Å². The molecule has 1 saturated heterocycles. The number of hydrogen-bond donors (Lipinski definition) is 1. The summed E-state index contributed by atoms with van der Waals surface area (Å²) < 4.78 is 6.43. The number of nitrogens with one attached hydrogen (secondary N) is 1. The Kier molecular flexibility index (Phi) is 5.81. The minimum atomic E-state index is 0.103. The first-order valence-corrected chi connectivity index (χ1v) is 12.3. The summed E-state index contributed by atoms with van der Waals surface area (Å²) in [5, 5.41) is 3.68. The number of rotatable bonds is 6. The van der Waals surface area contributed by atoms with E-state index in [2.05, 4.69) is 73.6 Å². The largest absolute Gasteiger partial charge is 0.495 e. The van der Waals surface area contributed by atoms with Crippen molar-refractivity contribution >= 4 is 23.2 Å². The molecular weight excluding hydrogens is 402 g/mol. The molecule has 1 fully saturated rings. The van der Waals surface area contributed by atoms with Crippen LogP contribution < -0.4 is 5.32 Å². The van der Waals surface area contributed by atoms with E-state index < -0.39 is 0 Å². The summed E-state index contributed by atoms with van der Waals surface area (Å²) in [7, 11) is 2.19. The predicted octanol–water partition coefficient (Wildman–Crippen LogP) is 5.33. The van der Waals surface area contributed by atoms with Crippen molar-refractivity contribution in [3.8, 4) is 0 Å². The van der Waals surface area contributed by atoms with Gasteiger partial charge in [-0.05, 0) is 67.6 Å². The monoisotopic (exact) mass is 433 g/mol. The maximum atomic E-state index is 6.43. The maximum Gasteiger partial charge on any atom is 0.130 e. The quantitative estimate of drug-likeness (QED) is 0.623. The van der Waals surface area contributed by atoms with Crippen LogP contribution in [0.4, 0.5) is 5.82 Å². The van der Waals surface area contributed by atoms with Crippen LogP contribution in [0.25, 0.3) is 5.57 Å². The Labute approximate surface area is 189 Å². The summed E-state index contributed by atoms with van der Waals surface area (Å²) >= 11 is 1.89. The molecule has 0 spiro atoms. The molecule has 5 rings (SSSR count). The number of allylic oxidation sites excluding steroid dienone is 2. The number of anilines is 1. The summed E-state index contributed by atoms with van der Waals surface area (Å²) in [5.41, 5.74) is 5.11. The zero-order chi connectivity index (χ0) is 21.4. The number of thioether (sulfide) groups is 1. The van der Waals surface area contributed by atoms with E-state index in [1.165, 1.54) is 40.1 Å². The number of benzene rings is 1. The van der Waals surface area contributed by atoms with Gasteiger partial charge in [-0.15, -0.1) is 11.8 Å². The van der Waals surface area contributed by atoms with Gasteiger partial charge in [0.25, 0.3) is 0 Å². The third kappa shape index (κ3) is 4.13. The van der Waals surface area contributed by atoms with Crippen LogP contribution in [-0.2, 0) is 4.74 Å². The number of aryl methyl sites for hydroxylation is 1. The van der Waals surface area contributed by atoms with E-state index in [0.717, 1.165) is 30.5 Å². The van der Waals surface area contributed by atoms with Gasteiger partial charge in [-0.3, -0.25) is 0 Å². The number of pyridine rings is 1. The van der Waals surface area contributed by atoms with Crippen LogP contribution in [0.3, 0.4) is 0 Å². The van der Waals surface area contributed by atoms with Crippen molar-refractivity contribution < 1.29 is 4.74 Å². The lowest BCUT2D eigenvalue weighted by Crippen LogP contribution is -2.29. The Hall–Kier alpha value is -2.24. The summed E-state index contributed by atoms with van der Waals surface area (Å²) in [4.78, 5) is 8.42. The number of hydrogen-bond acceptors (Lipinski definition) is 5. The van der Waals surface area contributed by atoms with Gasteiger partial charge in [0.1, 0.15) is 11.6 Å². The second kappa shape index (κ2) is 8.71. The molecule has 0 bridgehead atoms. The van der Waals surface area contributed by atoms with Gasteiger partial charge in [0.05, 0.1) is 12.6 Å². The van der Waals surface area contributed by atoms with Gasteiger partial charge in [0.2, 0.25) is 0 Å². The first-order chi connectivity index (χ1) is 15.1. The van der Waals surface area contributed by atoms with E-state index in [1.54, 1.807) is 0 Å². The molecule has 1 N–H and O–H groups in total. The molecule has 162 valence electrons. The Bertz CT molecular complexity index is 1030. The van der Waals surface area contributed by atoms with E-state index in [4.69, 9.17) is 9.72 Å². The SMILES string of the molecule is CCSc1cccc(C2=CC=C(OC[C@H]3CCN(C)C3)C3Nc4ncc(C)cc4C23)c1. The minimum absolute atomic E-state index is 0.103. The van der Waals surface area contributed by atoms with Gasteiger partial charge < -0.3 is 15.0 Å². The fourth-order valence-corrected chi connectivity index (χ4v) is 5.76. The van der Waals surface area contributed by atoms with E-state index >= 15 is 0 Å². The smallest absolute Gasteiger partial charge is 0.130 e. The van der Waals surface area contributed by atoms with Gasteiger partial charge >= 0.3 is 0 Å². The first-order valence-electron chi connectivity index (χ1n) is 11.3. The van der Waals surface area contributed by atoms with Crippen molar-refractivity contribution in [2.75, 3.05) is 37.8 Å². The molecule has 1 aromatic carbocycles. The molecule has 5 heteroatoms. The van der Waals surface area contributed by atoms with Crippen LogP contribution in [0.1, 0.15) is 36.0 Å². The Balaban J connectivity index is 1.48. The molecule has 3 heterocycles. The fourth-order valence-electron chi connectivity index (χ4n) is 5.04. The Morgan fingerprint density at radius 1 is 1.26 bits per heavy atom. The van der Waals surface area contributed by atoms with Crippen molar-refractivity contribution in [3.63, 3.8) is 0 Å². The lowest BCUT2D eigenvalue weighted by atomic mass is 9.80. The average molecular weight is 434 g/mol. The zero-order valence-corrected chi connectivity index (χ0v) is 19.4. The summed E-state index contributed by atoms with van der Waals surface area (Å²) in [6.45, 7) is 7.40. The van der Waals surface area contributed by atoms with E-state index in [-0.39, 0.29) is 12.0 Å². The highest BCUT2D eigenvalue weighted by molar-refractivity contribution is 7.99. The average Bonchev–Trinajstić information content (AvgIpc) is 3.36. The van der Waals surface area contributed by atoms with Crippen LogP contribution in [-0.4, -0.2) is 48.4 Å². The first kappa shape index (κ1) is 20.7. The number of fused-ring (bicyclic) bond motifs is 3. The maximum absolute atomic E-state index is 6.43. The van der Waals surface area contributed by atoms with Crippen molar-refractivity contribution in [1.82, 2.24) is 9.88 Å². The number of aromatic nitrogens is 1. The second-order valence-electron chi connectivity index (χ2n) is 8.93. The topological polar surface area (TPSA) is 37.4 Å². The van der Waals surface area contributed by atoms with E-state index in [9.17, 15) is 0 Å². The third-order valence-corrected chi connectivity index (χ3v) is 7.41. The molecule has 4 nitrogen and oxygen atoms in total.